The lowest BCUT2D eigenvalue weighted by molar-refractivity contribution is 0.152. The molecule has 1 aromatic carbocycles. The first-order valence-corrected chi connectivity index (χ1v) is 11.1. The molecule has 2 aliphatic carbocycles. The summed E-state index contributed by atoms with van der Waals surface area (Å²) in [7, 11) is 1.76. The Labute approximate surface area is 169 Å². The van der Waals surface area contributed by atoms with Crippen LogP contribution in [-0.4, -0.2) is 13.7 Å². The van der Waals surface area contributed by atoms with Gasteiger partial charge in [0, 0.05) is 7.11 Å². The summed E-state index contributed by atoms with van der Waals surface area (Å²) in [5.41, 5.74) is 1.08. The molecule has 0 atom stereocenters. The lowest BCUT2D eigenvalue weighted by Crippen LogP contribution is -2.25. The summed E-state index contributed by atoms with van der Waals surface area (Å²) in [5.74, 6) is 3.19. The van der Waals surface area contributed by atoms with Crippen LogP contribution in [0.5, 0.6) is 0 Å². The van der Waals surface area contributed by atoms with E-state index in [0.29, 0.717) is 0 Å². The largest absolute Gasteiger partial charge is 0.381 e. The van der Waals surface area contributed by atoms with E-state index in [1.165, 1.54) is 57.8 Å². The maximum Gasteiger partial charge on any atom is 0.142 e. The molecule has 0 bridgehead atoms. The molecule has 0 N–H and O–H groups in total. The van der Waals surface area contributed by atoms with E-state index in [1.807, 2.05) is 6.07 Å². The Balaban J connectivity index is 1.36. The summed E-state index contributed by atoms with van der Waals surface area (Å²) in [4.78, 5) is 0. The molecule has 27 heavy (non-hydrogen) atoms. The van der Waals surface area contributed by atoms with Crippen LogP contribution in [0.2, 0.25) is 5.02 Å². The number of aryl methyl sites for hydroxylation is 1. The van der Waals surface area contributed by atoms with Crippen molar-refractivity contribution in [3.8, 4) is 0 Å². The lowest BCUT2D eigenvalue weighted by atomic mass is 9.68. The molecule has 0 heterocycles. The number of hydrogen-bond donors (Lipinski definition) is 0. The fourth-order valence-electron chi connectivity index (χ4n) is 5.17. The third-order valence-corrected chi connectivity index (χ3v) is 7.18. The number of rotatable bonds is 7. The Morgan fingerprint density at radius 3 is 2.33 bits per heavy atom. The van der Waals surface area contributed by atoms with Crippen LogP contribution in [0, 0.1) is 29.5 Å². The van der Waals surface area contributed by atoms with Gasteiger partial charge in [-0.2, -0.15) is 0 Å². The Hall–Kier alpha value is -0.860. The van der Waals surface area contributed by atoms with Gasteiger partial charge in [-0.1, -0.05) is 42.7 Å². The van der Waals surface area contributed by atoms with Gasteiger partial charge >= 0.3 is 0 Å². The molecule has 0 amide bonds. The zero-order valence-electron chi connectivity index (χ0n) is 16.6. The Bertz CT molecular complexity index is 598. The van der Waals surface area contributed by atoms with Gasteiger partial charge in [0.05, 0.1) is 11.6 Å². The smallest absolute Gasteiger partial charge is 0.142 e. The Morgan fingerprint density at radius 1 is 1.04 bits per heavy atom. The van der Waals surface area contributed by atoms with Gasteiger partial charge in [0.25, 0.3) is 0 Å². The minimum absolute atomic E-state index is 0.225. The van der Waals surface area contributed by atoms with Crippen LogP contribution in [0.4, 0.5) is 4.39 Å². The van der Waals surface area contributed by atoms with Gasteiger partial charge in [0.15, 0.2) is 0 Å². The predicted molar refractivity (Wildman–Crippen MR) is 112 cm³/mol. The summed E-state index contributed by atoms with van der Waals surface area (Å²) >= 11 is 5.78. The summed E-state index contributed by atoms with van der Waals surface area (Å²) < 4.78 is 18.7. The van der Waals surface area contributed by atoms with E-state index in [1.54, 1.807) is 19.2 Å². The molecule has 2 aliphatic rings. The van der Waals surface area contributed by atoms with Crippen LogP contribution in [0.25, 0.3) is 0 Å². The number of hydrogen-bond acceptors (Lipinski definition) is 1. The quantitative estimate of drug-likeness (QED) is 0.445. The zero-order valence-corrected chi connectivity index (χ0v) is 17.4. The van der Waals surface area contributed by atoms with E-state index in [0.717, 1.165) is 42.3 Å². The molecular weight excluding hydrogens is 359 g/mol. The standard InChI is InChI=1S/C24H34ClFO/c1-27-16-2-3-18-6-11-21(12-7-18)22-13-8-19(9-14-22)4-5-20-10-15-23(25)24(26)17-20/h2-3,10,15,17-19,21-22H,4-9,11-14,16H2,1H3/t18-,19-,21-,22-. The number of ether oxygens (including phenoxy) is 1. The highest BCUT2D eigenvalue weighted by molar-refractivity contribution is 6.30. The fourth-order valence-corrected chi connectivity index (χ4v) is 5.28. The van der Waals surface area contributed by atoms with E-state index < -0.39 is 0 Å². The fraction of sp³-hybridized carbons (Fsp3) is 0.667. The van der Waals surface area contributed by atoms with Crippen molar-refractivity contribution in [1.82, 2.24) is 0 Å². The molecule has 2 fully saturated rings. The third kappa shape index (κ3) is 6.32. The van der Waals surface area contributed by atoms with Gasteiger partial charge in [-0.3, -0.25) is 0 Å². The van der Waals surface area contributed by atoms with Crippen molar-refractivity contribution < 1.29 is 9.13 Å². The van der Waals surface area contributed by atoms with Crippen LogP contribution in [0.1, 0.15) is 63.4 Å². The van der Waals surface area contributed by atoms with E-state index in [2.05, 4.69) is 12.2 Å². The summed E-state index contributed by atoms with van der Waals surface area (Å²) in [6.07, 6.45) is 17.7. The predicted octanol–water partition coefficient (Wildman–Crippen LogP) is 7.23. The molecule has 1 aromatic rings. The molecule has 0 radical (unpaired) electrons. The lowest BCUT2D eigenvalue weighted by Gasteiger charge is -2.37. The van der Waals surface area contributed by atoms with Crippen molar-refractivity contribution in [2.24, 2.45) is 23.7 Å². The van der Waals surface area contributed by atoms with E-state index in [-0.39, 0.29) is 10.8 Å². The maximum absolute atomic E-state index is 13.6. The van der Waals surface area contributed by atoms with Gasteiger partial charge in [-0.05, 0) is 92.7 Å². The highest BCUT2D eigenvalue weighted by Gasteiger charge is 2.30. The average molecular weight is 393 g/mol. The van der Waals surface area contributed by atoms with E-state index >= 15 is 0 Å². The molecule has 2 saturated carbocycles. The normalized spacial score (nSPS) is 29.3. The number of methoxy groups -OCH3 is 1. The second-order valence-electron chi connectivity index (χ2n) is 8.63. The second-order valence-corrected chi connectivity index (χ2v) is 9.03. The molecule has 0 spiro atoms. The maximum atomic E-state index is 13.6. The minimum atomic E-state index is -0.287. The van der Waals surface area contributed by atoms with Gasteiger partial charge in [0.2, 0.25) is 0 Å². The molecule has 3 heteroatoms. The van der Waals surface area contributed by atoms with Crippen LogP contribution >= 0.6 is 11.6 Å². The topological polar surface area (TPSA) is 9.23 Å². The monoisotopic (exact) mass is 392 g/mol. The zero-order chi connectivity index (χ0) is 19.1. The highest BCUT2D eigenvalue weighted by Crippen LogP contribution is 2.42. The SMILES string of the molecule is COCC=C[C@H]1CC[C@H]([C@H]2CC[C@H](CCc3ccc(Cl)c(F)c3)CC2)CC1. The highest BCUT2D eigenvalue weighted by atomic mass is 35.5. The first-order chi connectivity index (χ1) is 13.2. The van der Waals surface area contributed by atoms with Crippen LogP contribution in [0.15, 0.2) is 30.4 Å². The molecule has 0 saturated heterocycles. The van der Waals surface area contributed by atoms with Gasteiger partial charge in [0.1, 0.15) is 5.82 Å². The molecular formula is C24H34ClFO. The minimum Gasteiger partial charge on any atom is -0.381 e. The summed E-state index contributed by atoms with van der Waals surface area (Å²) in [5, 5.41) is 0.225. The van der Waals surface area contributed by atoms with Crippen LogP contribution in [0.3, 0.4) is 0 Å². The molecule has 150 valence electrons. The molecule has 3 rings (SSSR count). The number of halogens is 2. The number of allylic oxidation sites excluding steroid dienone is 1. The van der Waals surface area contributed by atoms with Crippen molar-refractivity contribution in [3.05, 3.63) is 46.8 Å². The molecule has 0 aliphatic heterocycles. The van der Waals surface area contributed by atoms with Gasteiger partial charge in [-0.15, -0.1) is 0 Å². The van der Waals surface area contributed by atoms with Gasteiger partial charge in [-0.25, -0.2) is 4.39 Å². The Morgan fingerprint density at radius 2 is 1.70 bits per heavy atom. The van der Waals surface area contributed by atoms with Crippen molar-refractivity contribution in [2.45, 2.75) is 64.2 Å². The number of benzene rings is 1. The van der Waals surface area contributed by atoms with E-state index in [9.17, 15) is 4.39 Å². The van der Waals surface area contributed by atoms with Crippen LogP contribution < -0.4 is 0 Å². The third-order valence-electron chi connectivity index (χ3n) is 6.87. The van der Waals surface area contributed by atoms with Crippen LogP contribution in [-0.2, 0) is 11.2 Å². The first kappa shape index (κ1) is 20.9. The Kier molecular flexibility index (Phi) is 8.21. The molecule has 1 nitrogen and oxygen atoms in total. The summed E-state index contributed by atoms with van der Waals surface area (Å²) in [6.45, 7) is 0.743. The van der Waals surface area contributed by atoms with Gasteiger partial charge < -0.3 is 4.74 Å². The molecule has 0 unspecified atom stereocenters. The van der Waals surface area contributed by atoms with Crippen molar-refractivity contribution in [3.63, 3.8) is 0 Å². The first-order valence-electron chi connectivity index (χ1n) is 10.7. The van der Waals surface area contributed by atoms with E-state index in [4.69, 9.17) is 16.3 Å². The second kappa shape index (κ2) is 10.6. The van der Waals surface area contributed by atoms with Crippen molar-refractivity contribution in [2.75, 3.05) is 13.7 Å². The summed E-state index contributed by atoms with van der Waals surface area (Å²) in [6, 6.07) is 5.26. The van der Waals surface area contributed by atoms with Crippen molar-refractivity contribution >= 4 is 11.6 Å². The van der Waals surface area contributed by atoms with Crippen molar-refractivity contribution in [1.29, 1.82) is 0 Å². The average Bonchev–Trinajstić information content (AvgIpc) is 2.70. The molecule has 0 aromatic heterocycles.